The molecule has 2 bridgehead atoms. The van der Waals surface area contributed by atoms with E-state index in [0.717, 1.165) is 6.92 Å². The second-order valence-corrected chi connectivity index (χ2v) is 5.68. The third kappa shape index (κ3) is 2.22. The minimum absolute atomic E-state index is 0.0890. The quantitative estimate of drug-likeness (QED) is 0.306. The average molecular weight is 316 g/mol. The van der Waals surface area contributed by atoms with Gasteiger partial charge in [0.15, 0.2) is 0 Å². The van der Waals surface area contributed by atoms with Crippen molar-refractivity contribution in [2.24, 2.45) is 0 Å². The van der Waals surface area contributed by atoms with Gasteiger partial charge in [0.2, 0.25) is 5.72 Å². The molecule has 4 atom stereocenters. The third-order valence-corrected chi connectivity index (χ3v) is 4.07. The van der Waals surface area contributed by atoms with Crippen LogP contribution in [0.5, 0.6) is 0 Å². The lowest BCUT2D eigenvalue weighted by Gasteiger charge is -2.49. The van der Waals surface area contributed by atoms with Crippen LogP contribution in [0.15, 0.2) is 11.6 Å². The number of fused-ring (bicyclic) bond motifs is 5. The molecule has 3 saturated heterocycles. The SMILES string of the molecule is C/C=C1/CCO[C@]2([C@@H](O)[C@@](C)(O)CO)NC(=O)[C@@]1(O)NC2=O. The minimum Gasteiger partial charge on any atom is -0.393 e. The zero-order valence-electron chi connectivity index (χ0n) is 12.3. The first-order valence-electron chi connectivity index (χ1n) is 6.82. The monoisotopic (exact) mass is 316 g/mol. The van der Waals surface area contributed by atoms with E-state index < -0.39 is 41.6 Å². The van der Waals surface area contributed by atoms with Crippen LogP contribution in [0.25, 0.3) is 0 Å². The van der Waals surface area contributed by atoms with Crippen molar-refractivity contribution in [2.75, 3.05) is 13.2 Å². The van der Waals surface area contributed by atoms with Crippen molar-refractivity contribution >= 4 is 11.8 Å². The Morgan fingerprint density at radius 2 is 2.05 bits per heavy atom. The third-order valence-electron chi connectivity index (χ3n) is 4.07. The van der Waals surface area contributed by atoms with Gasteiger partial charge in [0, 0.05) is 0 Å². The predicted molar refractivity (Wildman–Crippen MR) is 72.0 cm³/mol. The molecular formula is C13H20N2O7. The van der Waals surface area contributed by atoms with Crippen molar-refractivity contribution in [2.45, 2.75) is 43.4 Å². The maximum Gasteiger partial charge on any atom is 0.280 e. The summed E-state index contributed by atoms with van der Waals surface area (Å²) in [6.07, 6.45) is -0.330. The number of carbonyl (C=O) groups excluding carboxylic acids is 2. The fourth-order valence-electron chi connectivity index (χ4n) is 2.61. The van der Waals surface area contributed by atoms with E-state index in [4.69, 9.17) is 9.84 Å². The molecule has 124 valence electrons. The Morgan fingerprint density at radius 3 is 2.59 bits per heavy atom. The van der Waals surface area contributed by atoms with Gasteiger partial charge in [-0.15, -0.1) is 0 Å². The lowest BCUT2D eigenvalue weighted by Crippen LogP contribution is -2.82. The van der Waals surface area contributed by atoms with E-state index in [1.54, 1.807) is 6.92 Å². The Balaban J connectivity index is 2.49. The van der Waals surface area contributed by atoms with Gasteiger partial charge in [0.05, 0.1) is 13.2 Å². The van der Waals surface area contributed by atoms with Gasteiger partial charge < -0.3 is 35.8 Å². The molecule has 2 amide bonds. The summed E-state index contributed by atoms with van der Waals surface area (Å²) in [5.41, 5.74) is -6.39. The molecule has 22 heavy (non-hydrogen) atoms. The summed E-state index contributed by atoms with van der Waals surface area (Å²) in [4.78, 5) is 24.6. The number of hydrogen-bond acceptors (Lipinski definition) is 7. The van der Waals surface area contributed by atoms with Gasteiger partial charge in [-0.25, -0.2) is 0 Å². The number of hydrogen-bond donors (Lipinski definition) is 6. The molecule has 0 aromatic heterocycles. The zero-order chi connectivity index (χ0) is 16.8. The molecule has 0 aromatic rings. The first-order chi connectivity index (χ1) is 10.1. The van der Waals surface area contributed by atoms with Gasteiger partial charge in [0.1, 0.15) is 11.7 Å². The van der Waals surface area contributed by atoms with Gasteiger partial charge in [-0.1, -0.05) is 6.08 Å². The van der Waals surface area contributed by atoms with E-state index in [9.17, 15) is 24.9 Å². The molecule has 0 saturated carbocycles. The van der Waals surface area contributed by atoms with Gasteiger partial charge >= 0.3 is 0 Å². The highest BCUT2D eigenvalue weighted by Crippen LogP contribution is 2.33. The van der Waals surface area contributed by atoms with Crippen molar-refractivity contribution < 1.29 is 34.8 Å². The van der Waals surface area contributed by atoms with E-state index in [0.29, 0.717) is 0 Å². The first-order valence-corrected chi connectivity index (χ1v) is 6.82. The molecule has 6 N–H and O–H groups in total. The van der Waals surface area contributed by atoms with Gasteiger partial charge in [-0.05, 0) is 25.8 Å². The smallest absolute Gasteiger partial charge is 0.280 e. The van der Waals surface area contributed by atoms with Crippen LogP contribution in [-0.4, -0.2) is 68.6 Å². The lowest BCUT2D eigenvalue weighted by atomic mass is 9.85. The van der Waals surface area contributed by atoms with Gasteiger partial charge in [-0.2, -0.15) is 0 Å². The minimum atomic E-state index is -2.30. The molecule has 3 fully saturated rings. The number of ether oxygens (including phenoxy) is 1. The van der Waals surface area contributed by atoms with Crippen LogP contribution in [0.2, 0.25) is 0 Å². The van der Waals surface area contributed by atoms with Crippen LogP contribution in [0.4, 0.5) is 0 Å². The molecule has 0 unspecified atom stereocenters. The number of carbonyl (C=O) groups is 2. The molecule has 3 aliphatic rings. The van der Waals surface area contributed by atoms with Gasteiger partial charge in [0.25, 0.3) is 17.5 Å². The van der Waals surface area contributed by atoms with Crippen molar-refractivity contribution in [1.82, 2.24) is 10.6 Å². The number of allylic oxidation sites excluding steroid dienone is 1. The topological polar surface area (TPSA) is 148 Å². The second-order valence-electron chi connectivity index (χ2n) is 5.68. The highest BCUT2D eigenvalue weighted by atomic mass is 16.5. The highest BCUT2D eigenvalue weighted by Gasteiger charge is 2.63. The normalized spacial score (nSPS) is 37.8. The summed E-state index contributed by atoms with van der Waals surface area (Å²) < 4.78 is 5.35. The predicted octanol–water partition coefficient (Wildman–Crippen LogP) is -2.91. The van der Waals surface area contributed by atoms with Crippen molar-refractivity contribution in [3.63, 3.8) is 0 Å². The van der Waals surface area contributed by atoms with Crippen LogP contribution in [0.1, 0.15) is 20.3 Å². The molecule has 0 aromatic carbocycles. The summed E-state index contributed by atoms with van der Waals surface area (Å²) in [5, 5.41) is 44.1. The van der Waals surface area contributed by atoms with Crippen molar-refractivity contribution in [3.05, 3.63) is 11.6 Å². The number of piperazine rings is 1. The number of aliphatic hydroxyl groups excluding tert-OH is 2. The molecular weight excluding hydrogens is 296 g/mol. The molecule has 0 radical (unpaired) electrons. The van der Waals surface area contributed by atoms with Crippen molar-refractivity contribution in [3.8, 4) is 0 Å². The first kappa shape index (κ1) is 16.8. The maximum atomic E-state index is 12.4. The fraction of sp³-hybridized carbons (Fsp3) is 0.692. The second kappa shape index (κ2) is 5.28. The summed E-state index contributed by atoms with van der Waals surface area (Å²) >= 11 is 0. The Morgan fingerprint density at radius 1 is 1.41 bits per heavy atom. The van der Waals surface area contributed by atoms with Crippen LogP contribution >= 0.6 is 0 Å². The summed E-state index contributed by atoms with van der Waals surface area (Å²) in [7, 11) is 0. The van der Waals surface area contributed by atoms with E-state index >= 15 is 0 Å². The Kier molecular flexibility index (Phi) is 4.05. The Labute approximate surface area is 126 Å². The molecule has 0 aliphatic carbocycles. The molecule has 3 rings (SSSR count). The van der Waals surface area contributed by atoms with E-state index in [1.165, 1.54) is 6.08 Å². The van der Waals surface area contributed by atoms with E-state index in [1.807, 2.05) is 0 Å². The standard InChI is InChI=1S/C13H20N2O7/c1-3-7-4-5-22-13(8(17)11(2,20)6-16)10(19)14-12(7,21)9(18)15-13/h3,8,16-17,20-21H,4-6H2,1-2H3,(H,14,19)(H,15,18)/b7-3-/t8-,11-,12+,13-/m0/s1. The average Bonchev–Trinajstić information content (AvgIpc) is 2.46. The largest absolute Gasteiger partial charge is 0.393 e. The number of rotatable bonds is 3. The van der Waals surface area contributed by atoms with Crippen LogP contribution < -0.4 is 10.6 Å². The molecule has 9 nitrogen and oxygen atoms in total. The highest BCUT2D eigenvalue weighted by molar-refractivity contribution is 6.03. The molecule has 9 heteroatoms. The van der Waals surface area contributed by atoms with Crippen molar-refractivity contribution in [1.29, 1.82) is 0 Å². The van der Waals surface area contributed by atoms with Gasteiger partial charge in [-0.3, -0.25) is 9.59 Å². The van der Waals surface area contributed by atoms with Crippen LogP contribution in [0, 0.1) is 0 Å². The fourth-order valence-corrected chi connectivity index (χ4v) is 2.61. The molecule has 3 aliphatic heterocycles. The maximum absolute atomic E-state index is 12.4. The van der Waals surface area contributed by atoms with E-state index in [-0.39, 0.29) is 18.6 Å². The van der Waals surface area contributed by atoms with E-state index in [2.05, 4.69) is 10.6 Å². The zero-order valence-corrected chi connectivity index (χ0v) is 12.3. The molecule has 0 spiro atoms. The Hall–Kier alpha value is -1.52. The van der Waals surface area contributed by atoms with Crippen LogP contribution in [-0.2, 0) is 14.3 Å². The van der Waals surface area contributed by atoms with Crippen LogP contribution in [0.3, 0.4) is 0 Å². The lowest BCUT2D eigenvalue weighted by molar-refractivity contribution is -0.230. The number of aliphatic hydroxyl groups is 4. The molecule has 3 heterocycles. The number of nitrogens with one attached hydrogen (secondary N) is 2. The number of amides is 2. The Bertz CT molecular complexity index is 532. The summed E-state index contributed by atoms with van der Waals surface area (Å²) in [5.74, 6) is -2.01. The summed E-state index contributed by atoms with van der Waals surface area (Å²) in [6.45, 7) is 1.73. The summed E-state index contributed by atoms with van der Waals surface area (Å²) in [6, 6.07) is 0.